The SMILES string of the molecule is N#Cc1cnc(NCCCn2ccnc2)c([N+](=O)[O-])c1. The fourth-order valence-electron chi connectivity index (χ4n) is 1.68. The first-order chi connectivity index (χ1) is 9.70. The molecule has 0 saturated heterocycles. The number of imidazole rings is 1. The van der Waals surface area contributed by atoms with E-state index in [0.29, 0.717) is 6.54 Å². The van der Waals surface area contributed by atoms with Gasteiger partial charge in [0.1, 0.15) is 6.07 Å². The minimum atomic E-state index is -0.550. The molecule has 2 aromatic heterocycles. The summed E-state index contributed by atoms with van der Waals surface area (Å²) >= 11 is 0. The Morgan fingerprint density at radius 1 is 1.55 bits per heavy atom. The minimum absolute atomic E-state index is 0.167. The number of nitriles is 1. The summed E-state index contributed by atoms with van der Waals surface area (Å²) in [6.45, 7) is 1.30. The molecule has 0 amide bonds. The maximum absolute atomic E-state index is 10.9. The largest absolute Gasteiger partial charge is 0.364 e. The molecular weight excluding hydrogens is 260 g/mol. The van der Waals surface area contributed by atoms with Crippen LogP contribution < -0.4 is 5.32 Å². The number of nitrogens with zero attached hydrogens (tertiary/aromatic N) is 5. The van der Waals surface area contributed by atoms with Gasteiger partial charge in [0.15, 0.2) is 0 Å². The van der Waals surface area contributed by atoms with E-state index in [-0.39, 0.29) is 17.1 Å². The Morgan fingerprint density at radius 2 is 2.40 bits per heavy atom. The van der Waals surface area contributed by atoms with Crippen molar-refractivity contribution in [2.75, 3.05) is 11.9 Å². The summed E-state index contributed by atoms with van der Waals surface area (Å²) in [5, 5.41) is 22.5. The van der Waals surface area contributed by atoms with E-state index >= 15 is 0 Å². The molecule has 20 heavy (non-hydrogen) atoms. The van der Waals surface area contributed by atoms with Crippen molar-refractivity contribution in [1.29, 1.82) is 5.26 Å². The highest BCUT2D eigenvalue weighted by Gasteiger charge is 2.15. The molecule has 1 N–H and O–H groups in total. The van der Waals surface area contributed by atoms with Crippen molar-refractivity contribution in [3.05, 3.63) is 46.7 Å². The Morgan fingerprint density at radius 3 is 3.05 bits per heavy atom. The van der Waals surface area contributed by atoms with Gasteiger partial charge >= 0.3 is 5.69 Å². The van der Waals surface area contributed by atoms with Gasteiger partial charge in [0.05, 0.1) is 16.8 Å². The Balaban J connectivity index is 1.95. The van der Waals surface area contributed by atoms with Gasteiger partial charge in [-0.2, -0.15) is 5.26 Å². The number of nitro groups is 1. The van der Waals surface area contributed by atoms with Gasteiger partial charge in [-0.3, -0.25) is 10.1 Å². The average Bonchev–Trinajstić information content (AvgIpc) is 2.96. The number of aromatic nitrogens is 3. The summed E-state index contributed by atoms with van der Waals surface area (Å²) in [5.74, 6) is 0.180. The second-order valence-electron chi connectivity index (χ2n) is 4.04. The Labute approximate surface area is 114 Å². The molecule has 2 aromatic rings. The third kappa shape index (κ3) is 3.29. The molecule has 2 rings (SSSR count). The normalized spacial score (nSPS) is 9.95. The molecule has 8 nitrogen and oxygen atoms in total. The average molecular weight is 272 g/mol. The van der Waals surface area contributed by atoms with Crippen LogP contribution in [0.2, 0.25) is 0 Å². The third-order valence-corrected chi connectivity index (χ3v) is 2.64. The molecule has 8 heteroatoms. The lowest BCUT2D eigenvalue weighted by Gasteiger charge is -2.06. The second kappa shape index (κ2) is 6.29. The van der Waals surface area contributed by atoms with Crippen molar-refractivity contribution in [3.8, 4) is 6.07 Å². The first kappa shape index (κ1) is 13.5. The maximum Gasteiger partial charge on any atom is 0.312 e. The molecule has 0 aliphatic rings. The van der Waals surface area contributed by atoms with Crippen LogP contribution in [0.4, 0.5) is 11.5 Å². The van der Waals surface area contributed by atoms with Crippen molar-refractivity contribution in [2.45, 2.75) is 13.0 Å². The van der Waals surface area contributed by atoms with E-state index in [2.05, 4.69) is 15.3 Å². The minimum Gasteiger partial charge on any atom is -0.364 e. The zero-order valence-electron chi connectivity index (χ0n) is 10.6. The molecule has 0 aromatic carbocycles. The molecule has 0 fully saturated rings. The van der Waals surface area contributed by atoms with Gasteiger partial charge in [0.25, 0.3) is 0 Å². The van der Waals surface area contributed by atoms with Crippen LogP contribution in [-0.4, -0.2) is 26.0 Å². The number of aryl methyl sites for hydroxylation is 1. The van der Waals surface area contributed by atoms with Crippen LogP contribution in [0, 0.1) is 21.4 Å². The van der Waals surface area contributed by atoms with Gasteiger partial charge < -0.3 is 9.88 Å². The van der Waals surface area contributed by atoms with Crippen LogP contribution in [-0.2, 0) is 6.54 Å². The van der Waals surface area contributed by atoms with Crippen molar-refractivity contribution >= 4 is 11.5 Å². The van der Waals surface area contributed by atoms with Crippen LogP contribution in [0.15, 0.2) is 31.0 Å². The molecule has 0 spiro atoms. The standard InChI is InChI=1S/C12H12N6O2/c13-7-10-6-11(18(19)20)12(16-8-10)15-2-1-4-17-5-3-14-9-17/h3,5-6,8-9H,1-2,4H2,(H,15,16). The molecular formula is C12H12N6O2. The van der Waals surface area contributed by atoms with Gasteiger partial charge in [-0.05, 0) is 6.42 Å². The topological polar surface area (TPSA) is 110 Å². The predicted molar refractivity (Wildman–Crippen MR) is 70.9 cm³/mol. The smallest absolute Gasteiger partial charge is 0.312 e. The highest BCUT2D eigenvalue weighted by Crippen LogP contribution is 2.22. The third-order valence-electron chi connectivity index (χ3n) is 2.64. The monoisotopic (exact) mass is 272 g/mol. The van der Waals surface area contributed by atoms with Crippen LogP contribution >= 0.6 is 0 Å². The lowest BCUT2D eigenvalue weighted by atomic mass is 10.2. The molecule has 0 aliphatic carbocycles. The van der Waals surface area contributed by atoms with Gasteiger partial charge in [-0.1, -0.05) is 0 Å². The molecule has 0 saturated carbocycles. The molecule has 102 valence electrons. The molecule has 2 heterocycles. The van der Waals surface area contributed by atoms with Crippen molar-refractivity contribution in [3.63, 3.8) is 0 Å². The lowest BCUT2D eigenvalue weighted by molar-refractivity contribution is -0.384. The van der Waals surface area contributed by atoms with E-state index in [0.717, 1.165) is 13.0 Å². The summed E-state index contributed by atoms with van der Waals surface area (Å²) in [5.41, 5.74) is -0.0210. The second-order valence-corrected chi connectivity index (χ2v) is 4.04. The maximum atomic E-state index is 10.9. The molecule has 0 bridgehead atoms. The zero-order chi connectivity index (χ0) is 14.4. The molecule has 0 atom stereocenters. The summed E-state index contributed by atoms with van der Waals surface area (Å²) in [4.78, 5) is 18.2. The number of rotatable bonds is 6. The van der Waals surface area contributed by atoms with Gasteiger partial charge in [0.2, 0.25) is 5.82 Å². The van der Waals surface area contributed by atoms with E-state index in [1.54, 1.807) is 12.5 Å². The fraction of sp³-hybridized carbons (Fsp3) is 0.250. The highest BCUT2D eigenvalue weighted by molar-refractivity contribution is 5.58. The molecule has 0 radical (unpaired) electrons. The van der Waals surface area contributed by atoms with Gasteiger partial charge in [0, 0.05) is 37.7 Å². The fourth-order valence-corrected chi connectivity index (χ4v) is 1.68. The van der Waals surface area contributed by atoms with Gasteiger partial charge in [-0.25, -0.2) is 9.97 Å². The summed E-state index contributed by atoms with van der Waals surface area (Å²) in [6, 6.07) is 3.04. The van der Waals surface area contributed by atoms with Gasteiger partial charge in [-0.15, -0.1) is 0 Å². The van der Waals surface area contributed by atoms with Crippen LogP contribution in [0.25, 0.3) is 0 Å². The Kier molecular flexibility index (Phi) is 4.24. The van der Waals surface area contributed by atoms with Crippen LogP contribution in [0.3, 0.4) is 0 Å². The Hall–Kier alpha value is -2.95. The summed E-state index contributed by atoms with van der Waals surface area (Å²) < 4.78 is 1.92. The summed E-state index contributed by atoms with van der Waals surface area (Å²) in [6.07, 6.45) is 7.34. The quantitative estimate of drug-likeness (QED) is 0.485. The first-order valence-electron chi connectivity index (χ1n) is 5.95. The van der Waals surface area contributed by atoms with Crippen LogP contribution in [0.1, 0.15) is 12.0 Å². The lowest BCUT2D eigenvalue weighted by Crippen LogP contribution is -2.09. The van der Waals surface area contributed by atoms with Crippen LogP contribution in [0.5, 0.6) is 0 Å². The number of anilines is 1. The number of hydrogen-bond donors (Lipinski definition) is 1. The van der Waals surface area contributed by atoms with E-state index < -0.39 is 4.92 Å². The van der Waals surface area contributed by atoms with Crippen molar-refractivity contribution in [2.24, 2.45) is 0 Å². The molecule has 0 aliphatic heterocycles. The van der Waals surface area contributed by atoms with E-state index in [1.807, 2.05) is 16.8 Å². The summed E-state index contributed by atoms with van der Waals surface area (Å²) in [7, 11) is 0. The van der Waals surface area contributed by atoms with Crippen molar-refractivity contribution in [1.82, 2.24) is 14.5 Å². The predicted octanol–water partition coefficient (Wildman–Crippen LogP) is 1.56. The zero-order valence-corrected chi connectivity index (χ0v) is 10.6. The highest BCUT2D eigenvalue weighted by atomic mass is 16.6. The van der Waals surface area contributed by atoms with E-state index in [9.17, 15) is 10.1 Å². The first-order valence-corrected chi connectivity index (χ1v) is 5.95. The number of pyridine rings is 1. The number of hydrogen-bond acceptors (Lipinski definition) is 6. The Bertz CT molecular complexity index is 632. The number of nitrogens with one attached hydrogen (secondary N) is 1. The van der Waals surface area contributed by atoms with Crippen molar-refractivity contribution < 1.29 is 4.92 Å². The van der Waals surface area contributed by atoms with E-state index in [4.69, 9.17) is 5.26 Å². The van der Waals surface area contributed by atoms with E-state index in [1.165, 1.54) is 12.3 Å². The molecule has 0 unspecified atom stereocenters.